The predicted octanol–water partition coefficient (Wildman–Crippen LogP) is 6.62. The van der Waals surface area contributed by atoms with E-state index < -0.39 is 5.41 Å². The number of aromatic nitrogens is 1. The van der Waals surface area contributed by atoms with E-state index in [0.29, 0.717) is 27.3 Å². The van der Waals surface area contributed by atoms with Crippen molar-refractivity contribution in [2.75, 3.05) is 0 Å². The van der Waals surface area contributed by atoms with Crippen LogP contribution in [0.25, 0.3) is 21.2 Å². The molecule has 0 bridgehead atoms. The molecule has 0 N–H and O–H groups in total. The van der Waals surface area contributed by atoms with Crippen molar-refractivity contribution in [3.63, 3.8) is 0 Å². The number of pyridine rings is 1. The average Bonchev–Trinajstić information content (AvgIpc) is 3.23. The van der Waals surface area contributed by atoms with Crippen LogP contribution in [0, 0.1) is 31.0 Å². The van der Waals surface area contributed by atoms with Crippen molar-refractivity contribution in [1.82, 2.24) is 4.57 Å². The molecule has 2 aromatic heterocycles. The molecule has 0 saturated heterocycles. The molecule has 0 aliphatic carbocycles. The highest BCUT2D eigenvalue weighted by molar-refractivity contribution is 7.17. The molecule has 4 nitrogen and oxygen atoms in total. The van der Waals surface area contributed by atoms with Crippen LogP contribution < -0.4 is 10.3 Å². The molecule has 32 heavy (non-hydrogen) atoms. The van der Waals surface area contributed by atoms with Gasteiger partial charge in [0.05, 0.1) is 11.5 Å². The molecular weight excluding hydrogens is 423 g/mol. The molecule has 2 aromatic carbocycles. The van der Waals surface area contributed by atoms with Gasteiger partial charge < -0.3 is 9.30 Å². The Morgan fingerprint density at radius 3 is 2.44 bits per heavy atom. The first kappa shape index (κ1) is 21.8. The maximum absolute atomic E-state index is 13.8. The van der Waals surface area contributed by atoms with E-state index in [1.807, 2.05) is 57.3 Å². The van der Waals surface area contributed by atoms with Gasteiger partial charge in [-0.15, -0.1) is 11.3 Å². The quantitative estimate of drug-likeness (QED) is 0.354. The molecular formula is C26H23FN2O2S. The van der Waals surface area contributed by atoms with Gasteiger partial charge >= 0.3 is 0 Å². The smallest absolute Gasteiger partial charge is 0.268 e. The molecule has 0 aliphatic rings. The number of halogens is 1. The Kier molecular flexibility index (Phi) is 5.39. The summed E-state index contributed by atoms with van der Waals surface area (Å²) >= 11 is 1.40. The molecule has 0 unspecified atom stereocenters. The molecule has 0 atom stereocenters. The number of benzene rings is 2. The number of hydrogen-bond donors (Lipinski definition) is 0. The fourth-order valence-corrected chi connectivity index (χ4v) is 4.72. The highest BCUT2D eigenvalue weighted by Crippen LogP contribution is 2.41. The summed E-state index contributed by atoms with van der Waals surface area (Å²) < 4.78 is 22.4. The van der Waals surface area contributed by atoms with Crippen molar-refractivity contribution in [3.8, 4) is 28.7 Å². The Morgan fingerprint density at radius 2 is 1.78 bits per heavy atom. The van der Waals surface area contributed by atoms with E-state index in [1.165, 1.54) is 23.5 Å². The van der Waals surface area contributed by atoms with E-state index in [1.54, 1.807) is 17.8 Å². The van der Waals surface area contributed by atoms with E-state index in [-0.39, 0.29) is 11.4 Å². The lowest BCUT2D eigenvalue weighted by Crippen LogP contribution is -2.16. The van der Waals surface area contributed by atoms with Crippen LogP contribution in [0.2, 0.25) is 0 Å². The first-order chi connectivity index (χ1) is 15.1. The second-order valence-electron chi connectivity index (χ2n) is 8.54. The zero-order chi connectivity index (χ0) is 23.2. The zero-order valence-electron chi connectivity index (χ0n) is 18.6. The second kappa shape index (κ2) is 7.92. The van der Waals surface area contributed by atoms with Crippen LogP contribution >= 0.6 is 11.3 Å². The standard InChI is InChI=1S/C26H23FN2O2S/c1-15-10-18(27)11-16(2)23(15)31-22-7-6-17(26(3,4)14-28)12-20(22)21-13-29(5)25(30)24-19(21)8-9-32-24/h6-13H,1-5H3. The van der Waals surface area contributed by atoms with Crippen LogP contribution in [0.4, 0.5) is 4.39 Å². The number of nitrogens with zero attached hydrogens (tertiary/aromatic N) is 2. The Labute approximate surface area is 190 Å². The van der Waals surface area contributed by atoms with Crippen molar-refractivity contribution < 1.29 is 9.13 Å². The van der Waals surface area contributed by atoms with Gasteiger partial charge in [-0.05, 0) is 80.1 Å². The lowest BCUT2D eigenvalue weighted by atomic mass is 9.84. The van der Waals surface area contributed by atoms with Crippen molar-refractivity contribution in [2.45, 2.75) is 33.1 Å². The fourth-order valence-electron chi connectivity index (χ4n) is 3.83. The zero-order valence-corrected chi connectivity index (χ0v) is 19.4. The number of rotatable bonds is 4. The van der Waals surface area contributed by atoms with Crippen LogP contribution in [-0.2, 0) is 12.5 Å². The molecule has 2 heterocycles. The lowest BCUT2D eigenvalue weighted by molar-refractivity contribution is 0.473. The number of ether oxygens (including phenoxy) is 1. The molecule has 0 spiro atoms. The van der Waals surface area contributed by atoms with Gasteiger partial charge in [0.15, 0.2) is 0 Å². The number of aryl methyl sites for hydroxylation is 3. The van der Waals surface area contributed by atoms with E-state index in [0.717, 1.165) is 22.1 Å². The third kappa shape index (κ3) is 3.69. The van der Waals surface area contributed by atoms with Crippen LogP contribution in [0.5, 0.6) is 11.5 Å². The molecule has 4 rings (SSSR count). The average molecular weight is 447 g/mol. The Morgan fingerprint density at radius 1 is 1.09 bits per heavy atom. The van der Waals surface area contributed by atoms with Crippen molar-refractivity contribution in [1.29, 1.82) is 5.26 Å². The molecule has 0 radical (unpaired) electrons. The van der Waals surface area contributed by atoms with Crippen LogP contribution in [0.1, 0.15) is 30.5 Å². The Balaban J connectivity index is 2.00. The minimum atomic E-state index is -0.705. The van der Waals surface area contributed by atoms with Crippen molar-refractivity contribution in [3.05, 3.63) is 80.8 Å². The molecule has 0 fully saturated rings. The highest BCUT2D eigenvalue weighted by Gasteiger charge is 2.23. The van der Waals surface area contributed by atoms with Gasteiger partial charge in [0.1, 0.15) is 22.0 Å². The van der Waals surface area contributed by atoms with Crippen LogP contribution in [-0.4, -0.2) is 4.57 Å². The lowest BCUT2D eigenvalue weighted by Gasteiger charge is -2.21. The molecule has 0 amide bonds. The predicted molar refractivity (Wildman–Crippen MR) is 127 cm³/mol. The summed E-state index contributed by atoms with van der Waals surface area (Å²) in [5.41, 5.74) is 3.07. The minimum absolute atomic E-state index is 0.0556. The van der Waals surface area contributed by atoms with E-state index >= 15 is 0 Å². The van der Waals surface area contributed by atoms with Crippen LogP contribution in [0.3, 0.4) is 0 Å². The number of fused-ring (bicyclic) bond motifs is 1. The van der Waals surface area contributed by atoms with Crippen LogP contribution in [0.15, 0.2) is 52.8 Å². The molecule has 4 aromatic rings. The third-order valence-corrected chi connectivity index (χ3v) is 6.60. The largest absolute Gasteiger partial charge is 0.456 e. The maximum Gasteiger partial charge on any atom is 0.268 e. The topological polar surface area (TPSA) is 55.0 Å². The summed E-state index contributed by atoms with van der Waals surface area (Å²) in [6, 6.07) is 12.8. The first-order valence-corrected chi connectivity index (χ1v) is 11.1. The summed E-state index contributed by atoms with van der Waals surface area (Å²) in [4.78, 5) is 12.6. The highest BCUT2D eigenvalue weighted by atomic mass is 32.1. The van der Waals surface area contributed by atoms with Gasteiger partial charge in [0.2, 0.25) is 0 Å². The molecule has 6 heteroatoms. The van der Waals surface area contributed by atoms with Gasteiger partial charge in [0, 0.05) is 29.8 Å². The van der Waals surface area contributed by atoms with Gasteiger partial charge in [-0.2, -0.15) is 5.26 Å². The molecule has 0 saturated carbocycles. The van der Waals surface area contributed by atoms with Gasteiger partial charge in [-0.1, -0.05) is 6.07 Å². The van der Waals surface area contributed by atoms with Gasteiger partial charge in [-0.3, -0.25) is 4.79 Å². The van der Waals surface area contributed by atoms with E-state index in [9.17, 15) is 14.4 Å². The Hall–Kier alpha value is -3.43. The maximum atomic E-state index is 13.8. The number of hydrogen-bond acceptors (Lipinski definition) is 4. The normalized spacial score (nSPS) is 11.5. The minimum Gasteiger partial charge on any atom is -0.456 e. The summed E-state index contributed by atoms with van der Waals surface area (Å²) in [7, 11) is 1.73. The van der Waals surface area contributed by atoms with Gasteiger partial charge in [0.25, 0.3) is 5.56 Å². The third-order valence-electron chi connectivity index (χ3n) is 5.70. The van der Waals surface area contributed by atoms with E-state index in [2.05, 4.69) is 6.07 Å². The monoisotopic (exact) mass is 446 g/mol. The summed E-state index contributed by atoms with van der Waals surface area (Å²) in [5.74, 6) is 0.856. The fraction of sp³-hybridized carbons (Fsp3) is 0.231. The summed E-state index contributed by atoms with van der Waals surface area (Å²) in [6.45, 7) is 7.34. The summed E-state index contributed by atoms with van der Waals surface area (Å²) in [6.07, 6.45) is 1.80. The summed E-state index contributed by atoms with van der Waals surface area (Å²) in [5, 5.41) is 12.4. The molecule has 0 aliphatic heterocycles. The Bertz CT molecular complexity index is 1430. The SMILES string of the molecule is Cc1cc(F)cc(C)c1Oc1ccc(C(C)(C)C#N)cc1-c1cn(C)c(=O)c2sccc12. The number of thiophene rings is 1. The number of nitriles is 1. The first-order valence-electron chi connectivity index (χ1n) is 10.2. The van der Waals surface area contributed by atoms with Gasteiger partial charge in [-0.25, -0.2) is 4.39 Å². The van der Waals surface area contributed by atoms with Crippen molar-refractivity contribution >= 4 is 21.4 Å². The van der Waals surface area contributed by atoms with Crippen molar-refractivity contribution in [2.24, 2.45) is 7.05 Å². The van der Waals surface area contributed by atoms with E-state index in [4.69, 9.17) is 4.74 Å². The second-order valence-corrected chi connectivity index (χ2v) is 9.46. The molecule has 162 valence electrons.